The standard InChI is InChI=1S/C18H30N/c1-18(2,17-12-15-3-4-16(17)11-15)13-19-8-5-14(6-9-19)7-10-19/h3-4,14-17H,5-13H2,1-2H3/q+1. The lowest BCUT2D eigenvalue weighted by Crippen LogP contribution is -2.62. The molecule has 3 atom stereocenters. The van der Waals surface area contributed by atoms with E-state index in [1.807, 2.05) is 0 Å². The zero-order chi connectivity index (χ0) is 13.1. The van der Waals surface area contributed by atoms with Crippen LogP contribution in [0.3, 0.4) is 0 Å². The zero-order valence-electron chi connectivity index (χ0n) is 12.8. The lowest BCUT2D eigenvalue weighted by Gasteiger charge is -2.53. The Kier molecular flexibility index (Phi) is 2.68. The van der Waals surface area contributed by atoms with Gasteiger partial charge in [0, 0.05) is 5.41 Å². The highest BCUT2D eigenvalue weighted by molar-refractivity contribution is 5.12. The molecule has 0 N–H and O–H groups in total. The number of fused-ring (bicyclic) bond motifs is 5. The van der Waals surface area contributed by atoms with Gasteiger partial charge in [0.1, 0.15) is 0 Å². The molecule has 3 unspecified atom stereocenters. The number of nitrogens with zero attached hydrogens (tertiary/aromatic N) is 1. The van der Waals surface area contributed by atoms with E-state index in [9.17, 15) is 0 Å². The largest absolute Gasteiger partial charge is 0.323 e. The van der Waals surface area contributed by atoms with Crippen LogP contribution in [0.15, 0.2) is 12.2 Å². The molecule has 0 aromatic heterocycles. The van der Waals surface area contributed by atoms with Crippen molar-refractivity contribution < 1.29 is 4.48 Å². The second-order valence-corrected chi connectivity index (χ2v) is 8.78. The van der Waals surface area contributed by atoms with E-state index in [2.05, 4.69) is 26.0 Å². The van der Waals surface area contributed by atoms with Gasteiger partial charge in [0.2, 0.25) is 0 Å². The first-order valence-corrected chi connectivity index (χ1v) is 8.60. The third kappa shape index (κ3) is 2.00. The first kappa shape index (κ1) is 12.4. The number of quaternary nitrogens is 1. The normalized spacial score (nSPS) is 48.1. The van der Waals surface area contributed by atoms with Crippen molar-refractivity contribution in [3.63, 3.8) is 0 Å². The molecule has 0 aromatic rings. The summed E-state index contributed by atoms with van der Waals surface area (Å²) in [6, 6.07) is 0. The first-order chi connectivity index (χ1) is 9.06. The van der Waals surface area contributed by atoms with Crippen LogP contribution in [0.1, 0.15) is 46.0 Å². The minimum atomic E-state index is 0.550. The Morgan fingerprint density at radius 1 is 1.00 bits per heavy atom. The summed E-state index contributed by atoms with van der Waals surface area (Å²) in [6.07, 6.45) is 12.6. The summed E-state index contributed by atoms with van der Waals surface area (Å²) >= 11 is 0. The summed E-state index contributed by atoms with van der Waals surface area (Å²) < 4.78 is 1.47. The number of rotatable bonds is 3. The van der Waals surface area contributed by atoms with Gasteiger partial charge < -0.3 is 4.48 Å². The maximum absolute atomic E-state index is 2.58. The van der Waals surface area contributed by atoms with E-state index >= 15 is 0 Å². The topological polar surface area (TPSA) is 0 Å². The summed E-state index contributed by atoms with van der Waals surface area (Å²) in [6.45, 7) is 11.1. The van der Waals surface area contributed by atoms with Gasteiger partial charge in [-0.3, -0.25) is 0 Å². The molecule has 5 rings (SSSR count). The Bertz CT molecular complexity index is 373. The summed E-state index contributed by atoms with van der Waals surface area (Å²) in [5.74, 6) is 3.91. The zero-order valence-corrected chi connectivity index (χ0v) is 12.8. The molecule has 19 heavy (non-hydrogen) atoms. The molecule has 1 nitrogen and oxygen atoms in total. The van der Waals surface area contributed by atoms with Crippen LogP contribution in [0.25, 0.3) is 0 Å². The SMILES string of the molecule is CC(C)(C[N+]12CCC(CC1)CC2)C1CC2C=CC1C2. The van der Waals surface area contributed by atoms with Gasteiger partial charge >= 0.3 is 0 Å². The molecular weight excluding hydrogens is 230 g/mol. The summed E-state index contributed by atoms with van der Waals surface area (Å²) in [5.41, 5.74) is 0.550. The van der Waals surface area contributed by atoms with Crippen molar-refractivity contribution in [1.29, 1.82) is 0 Å². The van der Waals surface area contributed by atoms with Crippen molar-refractivity contribution in [1.82, 2.24) is 0 Å². The van der Waals surface area contributed by atoms with E-state index in [-0.39, 0.29) is 0 Å². The van der Waals surface area contributed by atoms with Crippen LogP contribution in [0, 0.1) is 29.1 Å². The van der Waals surface area contributed by atoms with E-state index in [1.54, 1.807) is 0 Å². The molecule has 3 aliphatic heterocycles. The summed E-state index contributed by atoms with van der Waals surface area (Å²) in [7, 11) is 0. The molecular formula is C18H30N+. The second-order valence-electron chi connectivity index (χ2n) is 8.78. The van der Waals surface area contributed by atoms with Crippen LogP contribution < -0.4 is 0 Å². The van der Waals surface area contributed by atoms with Crippen molar-refractivity contribution in [3.8, 4) is 0 Å². The Hall–Kier alpha value is -0.300. The third-order valence-electron chi connectivity index (χ3n) is 7.06. The number of allylic oxidation sites excluding steroid dienone is 2. The Labute approximate surface area is 118 Å². The highest BCUT2D eigenvalue weighted by Gasteiger charge is 2.49. The minimum Gasteiger partial charge on any atom is -0.323 e. The molecule has 1 saturated carbocycles. The molecule has 3 heterocycles. The van der Waals surface area contributed by atoms with E-state index < -0.39 is 0 Å². The molecule has 4 fully saturated rings. The average Bonchev–Trinajstić information content (AvgIpc) is 3.02. The molecule has 0 radical (unpaired) electrons. The lowest BCUT2D eigenvalue weighted by atomic mass is 9.70. The van der Waals surface area contributed by atoms with Gasteiger partial charge in [-0.1, -0.05) is 26.0 Å². The Morgan fingerprint density at radius 2 is 1.68 bits per heavy atom. The molecule has 0 aromatic carbocycles. The van der Waals surface area contributed by atoms with Crippen LogP contribution in [0.2, 0.25) is 0 Å². The van der Waals surface area contributed by atoms with Gasteiger partial charge in [-0.2, -0.15) is 0 Å². The molecule has 4 bridgehead atoms. The highest BCUT2D eigenvalue weighted by atomic mass is 15.4. The smallest absolute Gasteiger partial charge is 0.0841 e. The monoisotopic (exact) mass is 260 g/mol. The second kappa shape index (κ2) is 4.10. The van der Waals surface area contributed by atoms with Crippen molar-refractivity contribution in [2.45, 2.75) is 46.0 Å². The van der Waals surface area contributed by atoms with Gasteiger partial charge in [0.05, 0.1) is 26.2 Å². The Balaban J connectivity index is 1.50. The third-order valence-corrected chi connectivity index (χ3v) is 7.06. The Morgan fingerprint density at radius 3 is 2.21 bits per heavy atom. The lowest BCUT2D eigenvalue weighted by molar-refractivity contribution is -0.948. The molecule has 0 amide bonds. The number of hydrogen-bond donors (Lipinski definition) is 0. The maximum atomic E-state index is 2.58. The molecule has 5 aliphatic rings. The van der Waals surface area contributed by atoms with Crippen LogP contribution in [0.5, 0.6) is 0 Å². The van der Waals surface area contributed by atoms with Crippen molar-refractivity contribution >= 4 is 0 Å². The van der Waals surface area contributed by atoms with Gasteiger partial charge in [0.25, 0.3) is 0 Å². The molecule has 106 valence electrons. The van der Waals surface area contributed by atoms with Gasteiger partial charge in [-0.25, -0.2) is 0 Å². The maximum Gasteiger partial charge on any atom is 0.0841 e. The van der Waals surface area contributed by atoms with Crippen molar-refractivity contribution in [2.24, 2.45) is 29.1 Å². The summed E-state index contributed by atoms with van der Waals surface area (Å²) in [5, 5.41) is 0. The van der Waals surface area contributed by atoms with E-state index in [4.69, 9.17) is 0 Å². The van der Waals surface area contributed by atoms with Crippen molar-refractivity contribution in [3.05, 3.63) is 12.2 Å². The van der Waals surface area contributed by atoms with E-state index in [0.717, 1.165) is 23.7 Å². The van der Waals surface area contributed by atoms with Crippen LogP contribution in [0.4, 0.5) is 0 Å². The summed E-state index contributed by atoms with van der Waals surface area (Å²) in [4.78, 5) is 0. The molecule has 1 heteroatoms. The van der Waals surface area contributed by atoms with Crippen LogP contribution >= 0.6 is 0 Å². The van der Waals surface area contributed by atoms with Gasteiger partial charge in [0.15, 0.2) is 0 Å². The molecule has 2 aliphatic carbocycles. The van der Waals surface area contributed by atoms with Gasteiger partial charge in [-0.15, -0.1) is 0 Å². The fourth-order valence-electron chi connectivity index (χ4n) is 6.04. The fraction of sp³-hybridized carbons (Fsp3) is 0.889. The van der Waals surface area contributed by atoms with E-state index in [1.165, 1.54) is 62.8 Å². The van der Waals surface area contributed by atoms with Crippen LogP contribution in [-0.2, 0) is 0 Å². The predicted octanol–water partition coefficient (Wildman–Crippen LogP) is 3.86. The van der Waals surface area contributed by atoms with Gasteiger partial charge in [-0.05, 0) is 55.8 Å². The number of hydrogen-bond acceptors (Lipinski definition) is 0. The molecule has 3 saturated heterocycles. The predicted molar refractivity (Wildman–Crippen MR) is 79.7 cm³/mol. The van der Waals surface area contributed by atoms with Crippen molar-refractivity contribution in [2.75, 3.05) is 26.2 Å². The quantitative estimate of drug-likeness (QED) is 0.534. The average molecular weight is 260 g/mol. The first-order valence-electron chi connectivity index (χ1n) is 8.60. The molecule has 0 spiro atoms. The fourth-order valence-corrected chi connectivity index (χ4v) is 6.04. The number of piperidine rings is 3. The minimum absolute atomic E-state index is 0.550. The van der Waals surface area contributed by atoms with E-state index in [0.29, 0.717) is 5.41 Å². The van der Waals surface area contributed by atoms with Crippen LogP contribution in [-0.4, -0.2) is 30.7 Å². The highest BCUT2D eigenvalue weighted by Crippen LogP contribution is 2.52.